The lowest BCUT2D eigenvalue weighted by molar-refractivity contribution is -0.108. The van der Waals surface area contributed by atoms with Crippen LogP contribution in [-0.4, -0.2) is 89.6 Å². The van der Waals surface area contributed by atoms with E-state index in [4.69, 9.17) is 5.11 Å². The predicted molar refractivity (Wildman–Crippen MR) is 168 cm³/mol. The summed E-state index contributed by atoms with van der Waals surface area (Å²) in [6.07, 6.45) is 2.13. The van der Waals surface area contributed by atoms with Crippen LogP contribution in [0.15, 0.2) is 0 Å². The Morgan fingerprint density at radius 2 is 1.30 bits per heavy atom. The Balaban J connectivity index is 3.22. The second-order valence-electron chi connectivity index (χ2n) is 4.82. The van der Waals surface area contributed by atoms with E-state index in [1.54, 1.807) is 23.5 Å². The van der Waals surface area contributed by atoms with E-state index in [-0.39, 0.29) is 5.94 Å². The number of rotatable bonds is 24. The van der Waals surface area contributed by atoms with Gasteiger partial charge in [0.1, 0.15) is 0 Å². The minimum Gasteiger partial charge on any atom is -0.386 e. The Hall–Kier alpha value is 3.63. The van der Waals surface area contributed by atoms with Crippen LogP contribution in [0, 0.1) is 0 Å². The van der Waals surface area contributed by atoms with E-state index in [9.17, 15) is 9.00 Å². The SMILES string of the molecule is CSCSCSCSCSC(=O)CSCSCSCSCCS(=O)CSCSCO. The lowest BCUT2D eigenvalue weighted by atomic mass is 10.9. The average molecular weight is 643 g/mol. The van der Waals surface area contributed by atoms with Crippen molar-refractivity contribution >= 4 is 145 Å². The molecule has 180 valence electrons. The van der Waals surface area contributed by atoms with Crippen molar-refractivity contribution in [1.82, 2.24) is 0 Å². The fourth-order valence-electron chi connectivity index (χ4n) is 1.32. The molecule has 1 atom stereocenters. The minimum absolute atomic E-state index is 0.134. The maximum absolute atomic E-state index is 11.8. The van der Waals surface area contributed by atoms with Crippen molar-refractivity contribution in [1.29, 1.82) is 0 Å². The van der Waals surface area contributed by atoms with E-state index >= 15 is 0 Å². The summed E-state index contributed by atoms with van der Waals surface area (Å²) in [4.78, 5) is 11.8. The highest BCUT2D eigenvalue weighted by atomic mass is 32.3. The summed E-state index contributed by atoms with van der Waals surface area (Å²) < 4.78 is 11.8. The molecule has 0 aromatic heterocycles. The zero-order valence-corrected chi connectivity index (χ0v) is 26.7. The van der Waals surface area contributed by atoms with Crippen molar-refractivity contribution in [2.24, 2.45) is 0 Å². The molecule has 1 unspecified atom stereocenters. The lowest BCUT2D eigenvalue weighted by Gasteiger charge is -2.04. The Morgan fingerprint density at radius 1 is 0.733 bits per heavy atom. The van der Waals surface area contributed by atoms with E-state index in [0.29, 0.717) is 16.0 Å². The lowest BCUT2D eigenvalue weighted by Crippen LogP contribution is -2.02. The number of aliphatic hydroxyl groups is 1. The van der Waals surface area contributed by atoms with Gasteiger partial charge in [-0.1, -0.05) is 11.8 Å². The van der Waals surface area contributed by atoms with Crippen LogP contribution in [0.3, 0.4) is 0 Å². The molecule has 0 rings (SSSR count). The first-order chi connectivity index (χ1) is 14.7. The molecule has 0 aliphatic heterocycles. The van der Waals surface area contributed by atoms with Gasteiger partial charge in [0, 0.05) is 63.0 Å². The van der Waals surface area contributed by atoms with Crippen molar-refractivity contribution < 1.29 is 14.1 Å². The van der Waals surface area contributed by atoms with E-state index < -0.39 is 10.8 Å². The van der Waals surface area contributed by atoms with Gasteiger partial charge in [-0.2, -0.15) is 23.5 Å². The molecular formula is C15H30O3S12. The fourth-order valence-corrected chi connectivity index (χ4v) is 15.3. The molecule has 0 aliphatic rings. The molecule has 0 heterocycles. The van der Waals surface area contributed by atoms with Crippen LogP contribution in [-0.2, 0) is 15.6 Å². The van der Waals surface area contributed by atoms with Gasteiger partial charge in [0.05, 0.1) is 16.8 Å². The largest absolute Gasteiger partial charge is 0.386 e. The summed E-state index contributed by atoms with van der Waals surface area (Å²) >= 11 is 19.4. The topological polar surface area (TPSA) is 54.4 Å². The molecule has 0 aromatic rings. The zero-order chi connectivity index (χ0) is 22.1. The van der Waals surface area contributed by atoms with Crippen LogP contribution in [0.2, 0.25) is 0 Å². The highest BCUT2D eigenvalue weighted by Crippen LogP contribution is 2.25. The van der Waals surface area contributed by atoms with Crippen LogP contribution >= 0.6 is 129 Å². The van der Waals surface area contributed by atoms with Crippen molar-refractivity contribution in [2.75, 3.05) is 75.2 Å². The molecular weight excluding hydrogens is 613 g/mol. The Labute approximate surface area is 232 Å². The molecule has 0 aliphatic carbocycles. The summed E-state index contributed by atoms with van der Waals surface area (Å²) in [5.74, 6) is 2.43. The van der Waals surface area contributed by atoms with Crippen LogP contribution in [0.4, 0.5) is 0 Å². The minimum atomic E-state index is -0.755. The molecule has 0 saturated heterocycles. The molecule has 1 N–H and O–H groups in total. The first kappa shape index (κ1) is 33.6. The van der Waals surface area contributed by atoms with Crippen molar-refractivity contribution in [3.63, 3.8) is 0 Å². The first-order valence-corrected chi connectivity index (χ1v) is 22.8. The van der Waals surface area contributed by atoms with Gasteiger partial charge >= 0.3 is 0 Å². The van der Waals surface area contributed by atoms with Crippen molar-refractivity contribution in [3.8, 4) is 0 Å². The summed E-state index contributed by atoms with van der Waals surface area (Å²) in [6, 6.07) is 0. The summed E-state index contributed by atoms with van der Waals surface area (Å²) in [6.45, 7) is 0. The van der Waals surface area contributed by atoms with Gasteiger partial charge in [-0.25, -0.2) is 0 Å². The first-order valence-electron chi connectivity index (χ1n) is 8.50. The third-order valence-electron chi connectivity index (χ3n) is 2.49. The van der Waals surface area contributed by atoms with E-state index in [1.165, 1.54) is 23.5 Å². The van der Waals surface area contributed by atoms with Gasteiger partial charge in [-0.15, -0.1) is 94.1 Å². The monoisotopic (exact) mass is 642 g/mol. The maximum atomic E-state index is 11.8. The fraction of sp³-hybridized carbons (Fsp3) is 0.933. The van der Waals surface area contributed by atoms with Crippen LogP contribution in [0.1, 0.15) is 0 Å². The molecule has 0 radical (unpaired) electrons. The highest BCUT2D eigenvalue weighted by Gasteiger charge is 2.04. The predicted octanol–water partition coefficient (Wildman–Crippen LogP) is 6.52. The van der Waals surface area contributed by atoms with E-state index in [2.05, 4.69) is 6.26 Å². The van der Waals surface area contributed by atoms with Gasteiger partial charge in [-0.3, -0.25) is 9.00 Å². The molecule has 3 nitrogen and oxygen atoms in total. The highest BCUT2D eigenvalue weighted by molar-refractivity contribution is 8.30. The standard InChI is InChI=1S/C15H30O3S12/c1-19-6-23-10-26-12-27-13-29-15(17)4-21-8-25-11-24-7-20-2-3-30(18)14-28-9-22-5-16/h16H,2-14H2,1H3. The Bertz CT molecular complexity index is 405. The third-order valence-corrected chi connectivity index (χ3v) is 17.7. The third kappa shape index (κ3) is 27.9. The summed E-state index contributed by atoms with van der Waals surface area (Å²) in [7, 11) is -0.755. The normalized spacial score (nSPS) is 12.3. The van der Waals surface area contributed by atoms with Crippen molar-refractivity contribution in [3.05, 3.63) is 0 Å². The van der Waals surface area contributed by atoms with E-state index in [0.717, 1.165) is 52.2 Å². The van der Waals surface area contributed by atoms with Gasteiger partial charge < -0.3 is 5.11 Å². The smallest absolute Gasteiger partial charge is 0.199 e. The van der Waals surface area contributed by atoms with Crippen LogP contribution < -0.4 is 0 Å². The van der Waals surface area contributed by atoms with Crippen LogP contribution in [0.5, 0.6) is 0 Å². The molecule has 0 spiro atoms. The molecule has 0 bridgehead atoms. The van der Waals surface area contributed by atoms with Crippen LogP contribution in [0.25, 0.3) is 0 Å². The number of hydrogen-bond acceptors (Lipinski definition) is 14. The number of carbonyl (C=O) groups excluding carboxylic acids is 1. The molecule has 0 fully saturated rings. The zero-order valence-electron chi connectivity index (χ0n) is 16.9. The average Bonchev–Trinajstić information content (AvgIpc) is 2.74. The maximum Gasteiger partial charge on any atom is 0.199 e. The molecule has 0 amide bonds. The second kappa shape index (κ2) is 28.9. The number of hydrogen-bond donors (Lipinski definition) is 1. The van der Waals surface area contributed by atoms with Gasteiger partial charge in [0.2, 0.25) is 0 Å². The Kier molecular flexibility index (Phi) is 32.4. The van der Waals surface area contributed by atoms with E-state index in [1.807, 2.05) is 82.3 Å². The van der Waals surface area contributed by atoms with Crippen molar-refractivity contribution in [2.45, 2.75) is 0 Å². The van der Waals surface area contributed by atoms with Gasteiger partial charge in [0.25, 0.3) is 0 Å². The summed E-state index contributed by atoms with van der Waals surface area (Å²) in [5, 5.41) is 17.7. The number of thioether (sulfide) groups is 11. The molecule has 15 heteroatoms. The number of carbonyl (C=O) groups is 1. The quantitative estimate of drug-likeness (QED) is 0.0918. The molecule has 30 heavy (non-hydrogen) atoms. The Morgan fingerprint density at radius 3 is 1.97 bits per heavy atom. The molecule has 0 saturated carbocycles. The second-order valence-corrected chi connectivity index (χ2v) is 20.5. The summed E-state index contributed by atoms with van der Waals surface area (Å²) in [5.41, 5.74) is 0. The van der Waals surface area contributed by atoms with Gasteiger partial charge in [0.15, 0.2) is 5.12 Å². The molecule has 0 aromatic carbocycles. The van der Waals surface area contributed by atoms with Gasteiger partial charge in [-0.05, 0) is 6.26 Å². The number of aliphatic hydroxyl groups excluding tert-OH is 1.